The Morgan fingerprint density at radius 3 is 2.86 bits per heavy atom. The lowest BCUT2D eigenvalue weighted by Gasteiger charge is -1.95. The van der Waals surface area contributed by atoms with E-state index in [-0.39, 0.29) is 0 Å². The zero-order valence-corrected chi connectivity index (χ0v) is 8.82. The van der Waals surface area contributed by atoms with Gasteiger partial charge in [-0.15, -0.1) is 11.3 Å². The number of thiazole rings is 1. The van der Waals surface area contributed by atoms with Crippen LogP contribution in [0.25, 0.3) is 11.3 Å². The zero-order chi connectivity index (χ0) is 10.1. The summed E-state index contributed by atoms with van der Waals surface area (Å²) in [4.78, 5) is 4.31. The van der Waals surface area contributed by atoms with E-state index in [0.717, 1.165) is 16.3 Å². The number of nitrogens with zero attached hydrogens (tertiary/aromatic N) is 3. The summed E-state index contributed by atoms with van der Waals surface area (Å²) < 4.78 is 1.73. The number of hydrogen-bond acceptors (Lipinski definition) is 4. The fraction of sp³-hybridized carbons (Fsp3) is 0.333. The first-order chi connectivity index (χ1) is 6.66. The van der Waals surface area contributed by atoms with Crippen LogP contribution in [-0.4, -0.2) is 19.9 Å². The molecular formula is C9H11N3OS. The molecule has 14 heavy (non-hydrogen) atoms. The predicted octanol–water partition coefficient (Wildman–Crippen LogP) is 1.60. The molecule has 1 unspecified atom stereocenters. The van der Waals surface area contributed by atoms with Crippen LogP contribution < -0.4 is 0 Å². The molecule has 0 amide bonds. The molecule has 0 aliphatic rings. The Balaban J connectivity index is 2.33. The Bertz CT molecular complexity index is 433. The van der Waals surface area contributed by atoms with Gasteiger partial charge in [0.25, 0.3) is 0 Å². The fourth-order valence-corrected chi connectivity index (χ4v) is 1.93. The lowest BCUT2D eigenvalue weighted by Crippen LogP contribution is -1.88. The second-order valence-electron chi connectivity index (χ2n) is 3.15. The molecule has 4 nitrogen and oxygen atoms in total. The summed E-state index contributed by atoms with van der Waals surface area (Å²) in [6.45, 7) is 1.71. The normalized spacial score (nSPS) is 13.1. The number of rotatable bonds is 2. The van der Waals surface area contributed by atoms with Crippen LogP contribution in [0.3, 0.4) is 0 Å². The van der Waals surface area contributed by atoms with Gasteiger partial charge in [-0.2, -0.15) is 5.10 Å². The van der Waals surface area contributed by atoms with Gasteiger partial charge in [0, 0.05) is 24.2 Å². The standard InChI is InChI=1S/C9H11N3OS/c1-6(13)9-11-8(5-14-9)7-3-10-12(2)4-7/h3-6,13H,1-2H3. The molecule has 0 aliphatic heterocycles. The van der Waals surface area contributed by atoms with Gasteiger partial charge >= 0.3 is 0 Å². The Kier molecular flexibility index (Phi) is 2.35. The van der Waals surface area contributed by atoms with Crippen molar-refractivity contribution in [3.8, 4) is 11.3 Å². The quantitative estimate of drug-likeness (QED) is 0.817. The molecule has 1 atom stereocenters. The van der Waals surface area contributed by atoms with Gasteiger partial charge in [-0.1, -0.05) is 0 Å². The van der Waals surface area contributed by atoms with Crippen LogP contribution >= 0.6 is 11.3 Å². The highest BCUT2D eigenvalue weighted by molar-refractivity contribution is 7.10. The Labute approximate surface area is 85.8 Å². The van der Waals surface area contributed by atoms with Crippen molar-refractivity contribution in [3.05, 3.63) is 22.8 Å². The summed E-state index contributed by atoms with van der Waals surface area (Å²) in [7, 11) is 1.87. The van der Waals surface area contributed by atoms with E-state index in [2.05, 4.69) is 10.1 Å². The molecule has 0 bridgehead atoms. The largest absolute Gasteiger partial charge is 0.386 e. The molecule has 0 saturated carbocycles. The number of aromatic nitrogens is 3. The van der Waals surface area contributed by atoms with Crippen molar-refractivity contribution in [3.63, 3.8) is 0 Å². The van der Waals surface area contributed by atoms with E-state index >= 15 is 0 Å². The van der Waals surface area contributed by atoms with E-state index in [0.29, 0.717) is 0 Å². The van der Waals surface area contributed by atoms with E-state index < -0.39 is 6.10 Å². The number of aliphatic hydroxyl groups is 1. The van der Waals surface area contributed by atoms with E-state index in [9.17, 15) is 5.11 Å². The van der Waals surface area contributed by atoms with Crippen LogP contribution in [0.5, 0.6) is 0 Å². The van der Waals surface area contributed by atoms with Crippen LogP contribution in [0.15, 0.2) is 17.8 Å². The number of aryl methyl sites for hydroxylation is 1. The summed E-state index contributed by atoms with van der Waals surface area (Å²) in [6.07, 6.45) is 3.17. The summed E-state index contributed by atoms with van der Waals surface area (Å²) in [6, 6.07) is 0. The molecule has 2 aromatic rings. The summed E-state index contributed by atoms with van der Waals surface area (Å²) in [5.74, 6) is 0. The van der Waals surface area contributed by atoms with Crippen molar-refractivity contribution in [1.82, 2.24) is 14.8 Å². The first-order valence-electron chi connectivity index (χ1n) is 4.29. The first-order valence-corrected chi connectivity index (χ1v) is 5.17. The minimum Gasteiger partial charge on any atom is -0.386 e. The molecule has 1 N–H and O–H groups in total. The molecule has 0 spiro atoms. The van der Waals surface area contributed by atoms with Gasteiger partial charge in [-0.05, 0) is 6.92 Å². The zero-order valence-electron chi connectivity index (χ0n) is 8.01. The molecule has 5 heteroatoms. The molecule has 0 fully saturated rings. The molecule has 0 radical (unpaired) electrons. The smallest absolute Gasteiger partial charge is 0.122 e. The van der Waals surface area contributed by atoms with Crippen LogP contribution in [0.4, 0.5) is 0 Å². The molecule has 0 saturated heterocycles. The third-order valence-electron chi connectivity index (χ3n) is 1.88. The average molecular weight is 209 g/mol. The SMILES string of the molecule is CC(O)c1nc(-c2cnn(C)c2)cs1. The highest BCUT2D eigenvalue weighted by Gasteiger charge is 2.09. The predicted molar refractivity (Wildman–Crippen MR) is 54.9 cm³/mol. The molecule has 0 aromatic carbocycles. The molecule has 2 rings (SSSR count). The van der Waals surface area contributed by atoms with Gasteiger partial charge < -0.3 is 5.11 Å². The van der Waals surface area contributed by atoms with Crippen molar-refractivity contribution in [2.24, 2.45) is 7.05 Å². The van der Waals surface area contributed by atoms with Gasteiger partial charge in [0.1, 0.15) is 11.1 Å². The fourth-order valence-electron chi connectivity index (χ4n) is 1.17. The van der Waals surface area contributed by atoms with Crippen molar-refractivity contribution in [2.45, 2.75) is 13.0 Å². The van der Waals surface area contributed by atoms with Gasteiger partial charge in [-0.3, -0.25) is 4.68 Å². The minimum absolute atomic E-state index is 0.495. The van der Waals surface area contributed by atoms with E-state index in [4.69, 9.17) is 0 Å². The first kappa shape index (κ1) is 9.36. The summed E-state index contributed by atoms with van der Waals surface area (Å²) >= 11 is 1.46. The van der Waals surface area contributed by atoms with Crippen molar-refractivity contribution in [2.75, 3.05) is 0 Å². The number of aliphatic hydroxyl groups excluding tert-OH is 1. The van der Waals surface area contributed by atoms with Gasteiger partial charge in [0.2, 0.25) is 0 Å². The topological polar surface area (TPSA) is 50.9 Å². The van der Waals surface area contributed by atoms with Gasteiger partial charge in [-0.25, -0.2) is 4.98 Å². The van der Waals surface area contributed by atoms with Crippen molar-refractivity contribution < 1.29 is 5.11 Å². The van der Waals surface area contributed by atoms with Gasteiger partial charge in [0.15, 0.2) is 0 Å². The lowest BCUT2D eigenvalue weighted by molar-refractivity contribution is 0.199. The Hall–Kier alpha value is -1.20. The Morgan fingerprint density at radius 1 is 1.57 bits per heavy atom. The maximum absolute atomic E-state index is 9.32. The summed E-state index contributed by atoms with van der Waals surface area (Å²) in [5, 5.41) is 16.1. The second-order valence-corrected chi connectivity index (χ2v) is 4.04. The number of hydrogen-bond donors (Lipinski definition) is 1. The third kappa shape index (κ3) is 1.69. The van der Waals surface area contributed by atoms with Crippen molar-refractivity contribution in [1.29, 1.82) is 0 Å². The van der Waals surface area contributed by atoms with E-state index in [1.807, 2.05) is 18.6 Å². The molecule has 74 valence electrons. The second kappa shape index (κ2) is 3.51. The minimum atomic E-state index is -0.495. The molecule has 2 aromatic heterocycles. The van der Waals surface area contributed by atoms with Crippen LogP contribution in [-0.2, 0) is 7.05 Å². The average Bonchev–Trinajstić information content (AvgIpc) is 2.70. The molecular weight excluding hydrogens is 198 g/mol. The monoisotopic (exact) mass is 209 g/mol. The highest BCUT2D eigenvalue weighted by atomic mass is 32.1. The maximum Gasteiger partial charge on any atom is 0.122 e. The maximum atomic E-state index is 9.32. The molecule has 2 heterocycles. The highest BCUT2D eigenvalue weighted by Crippen LogP contribution is 2.24. The van der Waals surface area contributed by atoms with E-state index in [1.165, 1.54) is 11.3 Å². The van der Waals surface area contributed by atoms with Crippen LogP contribution in [0.1, 0.15) is 18.0 Å². The summed E-state index contributed by atoms with van der Waals surface area (Å²) in [5.41, 5.74) is 1.86. The van der Waals surface area contributed by atoms with E-state index in [1.54, 1.807) is 17.8 Å². The molecule has 0 aliphatic carbocycles. The third-order valence-corrected chi connectivity index (χ3v) is 2.89. The van der Waals surface area contributed by atoms with Crippen molar-refractivity contribution >= 4 is 11.3 Å². The van der Waals surface area contributed by atoms with Crippen LogP contribution in [0.2, 0.25) is 0 Å². The lowest BCUT2D eigenvalue weighted by atomic mass is 10.3. The Morgan fingerprint density at radius 2 is 2.36 bits per heavy atom. The van der Waals surface area contributed by atoms with Crippen LogP contribution in [0, 0.1) is 0 Å². The van der Waals surface area contributed by atoms with Gasteiger partial charge in [0.05, 0.1) is 11.9 Å².